The standard InChI is InChI=1S/C10H7F5O2S/c1-2-3(10(16)17)18-9-7(14)5(12)4(11)6(13)8(9)15/h3H,2H2,1H3,(H,16,17). The molecule has 0 aliphatic carbocycles. The van der Waals surface area contributed by atoms with Gasteiger partial charge in [0, 0.05) is 0 Å². The molecule has 0 saturated carbocycles. The minimum absolute atomic E-state index is 0.0283. The second-order valence-electron chi connectivity index (χ2n) is 3.25. The van der Waals surface area contributed by atoms with Crippen LogP contribution < -0.4 is 0 Å². The summed E-state index contributed by atoms with van der Waals surface area (Å²) in [6, 6.07) is 0. The normalized spacial score (nSPS) is 12.6. The Labute approximate surface area is 103 Å². The van der Waals surface area contributed by atoms with E-state index in [4.69, 9.17) is 5.11 Å². The van der Waals surface area contributed by atoms with Crippen molar-refractivity contribution in [1.82, 2.24) is 0 Å². The molecule has 0 spiro atoms. The third-order valence-corrected chi connectivity index (χ3v) is 3.49. The van der Waals surface area contributed by atoms with Crippen LogP contribution >= 0.6 is 11.8 Å². The van der Waals surface area contributed by atoms with Crippen molar-refractivity contribution in [3.05, 3.63) is 29.1 Å². The summed E-state index contributed by atoms with van der Waals surface area (Å²) < 4.78 is 64.9. The zero-order valence-corrected chi connectivity index (χ0v) is 9.75. The van der Waals surface area contributed by atoms with E-state index < -0.39 is 45.2 Å². The number of carboxylic acids is 1. The Kier molecular flexibility index (Phi) is 4.55. The maximum atomic E-state index is 13.2. The number of thioether (sulfide) groups is 1. The zero-order chi connectivity index (χ0) is 14.0. The van der Waals surface area contributed by atoms with Crippen molar-refractivity contribution in [1.29, 1.82) is 0 Å². The lowest BCUT2D eigenvalue weighted by Gasteiger charge is -2.12. The molecule has 0 aromatic heterocycles. The van der Waals surface area contributed by atoms with Crippen LogP contribution in [-0.4, -0.2) is 16.3 Å². The van der Waals surface area contributed by atoms with Crippen LogP contribution in [-0.2, 0) is 4.79 Å². The summed E-state index contributed by atoms with van der Waals surface area (Å²) in [5, 5.41) is 7.39. The first-order chi connectivity index (χ1) is 8.31. The largest absolute Gasteiger partial charge is 0.480 e. The van der Waals surface area contributed by atoms with Crippen molar-refractivity contribution in [2.24, 2.45) is 0 Å². The van der Waals surface area contributed by atoms with Gasteiger partial charge in [0.1, 0.15) is 5.25 Å². The molecule has 100 valence electrons. The first kappa shape index (κ1) is 14.7. The summed E-state index contributed by atoms with van der Waals surface area (Å²) in [6.07, 6.45) is -0.0283. The third kappa shape index (κ3) is 2.58. The number of hydrogen-bond donors (Lipinski definition) is 1. The molecule has 1 N–H and O–H groups in total. The summed E-state index contributed by atoms with van der Waals surface area (Å²) in [6.45, 7) is 1.41. The highest BCUT2D eigenvalue weighted by Gasteiger charge is 2.29. The summed E-state index contributed by atoms with van der Waals surface area (Å²) >= 11 is 0.0909. The van der Waals surface area contributed by atoms with Crippen LogP contribution in [0.3, 0.4) is 0 Å². The lowest BCUT2D eigenvalue weighted by atomic mass is 10.3. The van der Waals surface area contributed by atoms with Crippen molar-refractivity contribution in [3.8, 4) is 0 Å². The Hall–Kier alpha value is -1.31. The van der Waals surface area contributed by atoms with Crippen LogP contribution in [0.15, 0.2) is 4.90 Å². The Morgan fingerprint density at radius 1 is 1.06 bits per heavy atom. The third-order valence-electron chi connectivity index (χ3n) is 2.08. The van der Waals surface area contributed by atoms with Crippen molar-refractivity contribution in [2.45, 2.75) is 23.5 Å². The summed E-state index contributed by atoms with van der Waals surface area (Å²) in [5.41, 5.74) is 0. The van der Waals surface area contributed by atoms with Crippen LogP contribution in [0.25, 0.3) is 0 Å². The van der Waals surface area contributed by atoms with Gasteiger partial charge >= 0.3 is 5.97 Å². The Morgan fingerprint density at radius 2 is 1.44 bits per heavy atom. The molecular weight excluding hydrogens is 279 g/mol. The molecule has 0 amide bonds. The van der Waals surface area contributed by atoms with Gasteiger partial charge in [-0.25, -0.2) is 22.0 Å². The van der Waals surface area contributed by atoms with E-state index in [1.165, 1.54) is 6.92 Å². The number of benzene rings is 1. The molecule has 2 nitrogen and oxygen atoms in total. The summed E-state index contributed by atoms with van der Waals surface area (Å²) in [4.78, 5) is 9.49. The molecule has 0 bridgehead atoms. The maximum absolute atomic E-state index is 13.2. The molecular formula is C10H7F5O2S. The van der Waals surface area contributed by atoms with Gasteiger partial charge in [0.25, 0.3) is 0 Å². The van der Waals surface area contributed by atoms with Gasteiger partial charge in [0.15, 0.2) is 23.3 Å². The molecule has 1 atom stereocenters. The van der Waals surface area contributed by atoms with Crippen molar-refractivity contribution in [3.63, 3.8) is 0 Å². The lowest BCUT2D eigenvalue weighted by Crippen LogP contribution is -2.16. The number of carboxylic acid groups (broad SMARTS) is 1. The van der Waals surface area contributed by atoms with Crippen LogP contribution in [0.5, 0.6) is 0 Å². The van der Waals surface area contributed by atoms with E-state index in [0.717, 1.165) is 0 Å². The molecule has 1 aromatic carbocycles. The second kappa shape index (κ2) is 5.55. The number of aliphatic carboxylic acids is 1. The summed E-state index contributed by atoms with van der Waals surface area (Å²) in [7, 11) is 0. The summed E-state index contributed by atoms with van der Waals surface area (Å²) in [5.74, 6) is -11.9. The molecule has 0 saturated heterocycles. The average molecular weight is 286 g/mol. The van der Waals surface area contributed by atoms with E-state index in [-0.39, 0.29) is 18.2 Å². The smallest absolute Gasteiger partial charge is 0.316 e. The zero-order valence-electron chi connectivity index (χ0n) is 8.94. The van der Waals surface area contributed by atoms with Gasteiger partial charge in [-0.3, -0.25) is 4.79 Å². The number of rotatable bonds is 4. The lowest BCUT2D eigenvalue weighted by molar-refractivity contribution is -0.136. The van der Waals surface area contributed by atoms with Gasteiger partial charge in [-0.05, 0) is 6.42 Å². The molecule has 8 heteroatoms. The average Bonchev–Trinajstić information content (AvgIpc) is 2.34. The SMILES string of the molecule is CCC(Sc1c(F)c(F)c(F)c(F)c1F)C(=O)O. The van der Waals surface area contributed by atoms with Gasteiger partial charge in [-0.2, -0.15) is 0 Å². The highest BCUT2D eigenvalue weighted by atomic mass is 32.2. The predicted octanol–water partition coefficient (Wildman–Crippen LogP) is 3.34. The molecule has 0 aliphatic heterocycles. The van der Waals surface area contributed by atoms with Crippen molar-refractivity contribution >= 4 is 17.7 Å². The van der Waals surface area contributed by atoms with Crippen LogP contribution in [0.2, 0.25) is 0 Å². The molecule has 1 rings (SSSR count). The molecule has 18 heavy (non-hydrogen) atoms. The van der Waals surface area contributed by atoms with Crippen molar-refractivity contribution < 1.29 is 31.9 Å². The molecule has 1 unspecified atom stereocenters. The van der Waals surface area contributed by atoms with E-state index in [1.807, 2.05) is 0 Å². The fraction of sp³-hybridized carbons (Fsp3) is 0.300. The van der Waals surface area contributed by atoms with Crippen molar-refractivity contribution in [2.75, 3.05) is 0 Å². The molecule has 1 aromatic rings. The van der Waals surface area contributed by atoms with Crippen LogP contribution in [0.1, 0.15) is 13.3 Å². The molecule has 0 heterocycles. The fourth-order valence-corrected chi connectivity index (χ4v) is 2.08. The minimum Gasteiger partial charge on any atom is -0.480 e. The Balaban J connectivity index is 3.29. The predicted molar refractivity (Wildman–Crippen MR) is 53.8 cm³/mol. The minimum atomic E-state index is -2.27. The highest BCUT2D eigenvalue weighted by Crippen LogP contribution is 2.34. The topological polar surface area (TPSA) is 37.3 Å². The van der Waals surface area contributed by atoms with Crippen LogP contribution in [0, 0.1) is 29.1 Å². The van der Waals surface area contributed by atoms with Gasteiger partial charge in [0.05, 0.1) is 4.90 Å². The van der Waals surface area contributed by atoms with Gasteiger partial charge in [-0.1, -0.05) is 6.92 Å². The number of carbonyl (C=O) groups is 1. The highest BCUT2D eigenvalue weighted by molar-refractivity contribution is 8.00. The quantitative estimate of drug-likeness (QED) is 0.399. The van der Waals surface area contributed by atoms with E-state index in [0.29, 0.717) is 0 Å². The van der Waals surface area contributed by atoms with Gasteiger partial charge in [0.2, 0.25) is 5.82 Å². The number of hydrogen-bond acceptors (Lipinski definition) is 2. The number of halogens is 5. The fourth-order valence-electron chi connectivity index (χ4n) is 1.14. The monoisotopic (exact) mass is 286 g/mol. The van der Waals surface area contributed by atoms with E-state index >= 15 is 0 Å². The molecule has 0 radical (unpaired) electrons. The van der Waals surface area contributed by atoms with E-state index in [9.17, 15) is 26.7 Å². The van der Waals surface area contributed by atoms with Gasteiger partial charge in [-0.15, -0.1) is 11.8 Å². The maximum Gasteiger partial charge on any atom is 0.316 e. The van der Waals surface area contributed by atoms with Gasteiger partial charge < -0.3 is 5.11 Å². The first-order valence-electron chi connectivity index (χ1n) is 4.72. The van der Waals surface area contributed by atoms with E-state index in [2.05, 4.69) is 0 Å². The Bertz CT molecular complexity index is 463. The van der Waals surface area contributed by atoms with Crippen LogP contribution in [0.4, 0.5) is 22.0 Å². The molecule has 0 fully saturated rings. The van der Waals surface area contributed by atoms with E-state index in [1.54, 1.807) is 0 Å². The Morgan fingerprint density at radius 3 is 1.78 bits per heavy atom. The molecule has 0 aliphatic rings. The second-order valence-corrected chi connectivity index (χ2v) is 4.47. The first-order valence-corrected chi connectivity index (χ1v) is 5.60.